The molecule has 28 heavy (non-hydrogen) atoms. The van der Waals surface area contributed by atoms with E-state index in [4.69, 9.17) is 4.74 Å². The van der Waals surface area contributed by atoms with Gasteiger partial charge in [0.05, 0.1) is 11.6 Å². The Morgan fingerprint density at radius 2 is 1.75 bits per heavy atom. The van der Waals surface area contributed by atoms with Crippen LogP contribution in [0.3, 0.4) is 0 Å². The zero-order valence-corrected chi connectivity index (χ0v) is 17.0. The van der Waals surface area contributed by atoms with Crippen molar-refractivity contribution in [3.63, 3.8) is 0 Å². The summed E-state index contributed by atoms with van der Waals surface area (Å²) in [6.45, 7) is 5.63. The molecule has 0 aliphatic rings. The van der Waals surface area contributed by atoms with E-state index in [1.165, 1.54) is 0 Å². The van der Waals surface area contributed by atoms with Gasteiger partial charge in [0, 0.05) is 17.5 Å². The Balaban J connectivity index is 1.76. The molecule has 0 aliphatic heterocycles. The maximum atomic E-state index is 12.1. The monoisotopic (exact) mass is 403 g/mol. The number of esters is 1. The number of rotatable bonds is 8. The molecule has 3 N–H and O–H groups in total. The van der Waals surface area contributed by atoms with Crippen molar-refractivity contribution in [2.45, 2.75) is 39.4 Å². The topological polar surface area (TPSA) is 96.5 Å². The van der Waals surface area contributed by atoms with E-state index >= 15 is 0 Å². The molecule has 2 aromatic rings. The predicted octanol–water partition coefficient (Wildman–Crippen LogP) is 2.99. The molecule has 0 unspecified atom stereocenters. The number of carbonyl (C=O) groups is 3. The molecule has 1 aromatic carbocycles. The van der Waals surface area contributed by atoms with Gasteiger partial charge in [0.1, 0.15) is 0 Å². The number of carbonyl (C=O) groups excluding carboxylic acids is 3. The van der Waals surface area contributed by atoms with Crippen LogP contribution in [0.4, 0.5) is 4.79 Å². The van der Waals surface area contributed by atoms with E-state index in [-0.39, 0.29) is 30.6 Å². The van der Waals surface area contributed by atoms with E-state index in [0.29, 0.717) is 12.1 Å². The second kappa shape index (κ2) is 10.5. The standard InChI is InChI=1S/C20H25N3O4S/c1-13(2)22-20(26)21-11-15-6-8-16(9-7-15)19(25)27-12-18(24)23-14(3)17-5-4-10-28-17/h4-10,13-14H,11-12H2,1-3H3,(H,23,24)(H2,21,22,26)/t14-/m1/s1. The summed E-state index contributed by atoms with van der Waals surface area (Å²) in [7, 11) is 0. The van der Waals surface area contributed by atoms with Crippen molar-refractivity contribution < 1.29 is 19.1 Å². The second-order valence-electron chi connectivity index (χ2n) is 6.56. The summed E-state index contributed by atoms with van der Waals surface area (Å²) in [5, 5.41) is 10.2. The number of hydrogen-bond acceptors (Lipinski definition) is 5. The average Bonchev–Trinajstić information content (AvgIpc) is 3.19. The van der Waals surface area contributed by atoms with Gasteiger partial charge in [0.15, 0.2) is 6.61 Å². The smallest absolute Gasteiger partial charge is 0.338 e. The van der Waals surface area contributed by atoms with Gasteiger partial charge in [-0.3, -0.25) is 4.79 Å². The molecular formula is C20H25N3O4S. The van der Waals surface area contributed by atoms with E-state index in [9.17, 15) is 14.4 Å². The normalized spacial score (nSPS) is 11.6. The Morgan fingerprint density at radius 3 is 2.36 bits per heavy atom. The highest BCUT2D eigenvalue weighted by Gasteiger charge is 2.13. The molecule has 0 spiro atoms. The highest BCUT2D eigenvalue weighted by Crippen LogP contribution is 2.17. The average molecular weight is 404 g/mol. The summed E-state index contributed by atoms with van der Waals surface area (Å²) in [5.41, 5.74) is 1.19. The Hall–Kier alpha value is -2.87. The summed E-state index contributed by atoms with van der Waals surface area (Å²) >= 11 is 1.55. The van der Waals surface area contributed by atoms with Gasteiger partial charge in [-0.2, -0.15) is 0 Å². The van der Waals surface area contributed by atoms with Crippen LogP contribution in [0.25, 0.3) is 0 Å². The maximum Gasteiger partial charge on any atom is 0.338 e. The zero-order valence-electron chi connectivity index (χ0n) is 16.2. The van der Waals surface area contributed by atoms with Crippen molar-refractivity contribution in [2.24, 2.45) is 0 Å². The first-order chi connectivity index (χ1) is 13.3. The number of thiophene rings is 1. The third-order valence-electron chi connectivity index (χ3n) is 3.74. The number of urea groups is 1. The van der Waals surface area contributed by atoms with E-state index < -0.39 is 5.97 Å². The van der Waals surface area contributed by atoms with Gasteiger partial charge in [0.25, 0.3) is 5.91 Å². The lowest BCUT2D eigenvalue weighted by atomic mass is 10.1. The maximum absolute atomic E-state index is 12.1. The van der Waals surface area contributed by atoms with Crippen LogP contribution in [0.15, 0.2) is 41.8 Å². The first kappa shape index (κ1) is 21.4. The highest BCUT2D eigenvalue weighted by atomic mass is 32.1. The molecule has 0 radical (unpaired) electrons. The molecule has 3 amide bonds. The lowest BCUT2D eigenvalue weighted by Gasteiger charge is -2.12. The van der Waals surface area contributed by atoms with Crippen LogP contribution >= 0.6 is 11.3 Å². The molecule has 0 saturated heterocycles. The number of hydrogen-bond donors (Lipinski definition) is 3. The third-order valence-corrected chi connectivity index (χ3v) is 4.80. The van der Waals surface area contributed by atoms with E-state index in [2.05, 4.69) is 16.0 Å². The molecule has 0 fully saturated rings. The molecule has 0 aliphatic carbocycles. The van der Waals surface area contributed by atoms with Crippen molar-refractivity contribution in [1.29, 1.82) is 0 Å². The molecule has 2 rings (SSSR count). The van der Waals surface area contributed by atoms with Crippen molar-refractivity contribution in [1.82, 2.24) is 16.0 Å². The van der Waals surface area contributed by atoms with Gasteiger partial charge < -0.3 is 20.7 Å². The predicted molar refractivity (Wildman–Crippen MR) is 108 cm³/mol. The fourth-order valence-corrected chi connectivity index (χ4v) is 3.10. The summed E-state index contributed by atoms with van der Waals surface area (Å²) < 4.78 is 5.06. The Morgan fingerprint density at radius 1 is 1.04 bits per heavy atom. The molecule has 8 heteroatoms. The summed E-state index contributed by atoms with van der Waals surface area (Å²) in [4.78, 5) is 36.6. The van der Waals surface area contributed by atoms with Gasteiger partial charge in [-0.1, -0.05) is 18.2 Å². The fraction of sp³-hybridized carbons (Fsp3) is 0.350. The first-order valence-corrected chi connectivity index (χ1v) is 9.86. The number of benzene rings is 1. The van der Waals surface area contributed by atoms with E-state index in [0.717, 1.165) is 10.4 Å². The van der Waals surface area contributed by atoms with Crippen LogP contribution in [-0.4, -0.2) is 30.6 Å². The Labute approximate surface area is 168 Å². The SMILES string of the molecule is CC(C)NC(=O)NCc1ccc(C(=O)OCC(=O)N[C@H](C)c2cccs2)cc1. The molecule has 1 aromatic heterocycles. The zero-order chi connectivity index (χ0) is 20.5. The molecular weight excluding hydrogens is 378 g/mol. The van der Waals surface area contributed by atoms with Gasteiger partial charge in [-0.25, -0.2) is 9.59 Å². The minimum Gasteiger partial charge on any atom is -0.452 e. The Kier molecular flexibility index (Phi) is 8.01. The summed E-state index contributed by atoms with van der Waals surface area (Å²) in [6.07, 6.45) is 0. The van der Waals surface area contributed by atoms with Gasteiger partial charge in [-0.15, -0.1) is 11.3 Å². The van der Waals surface area contributed by atoms with Crippen molar-refractivity contribution in [2.75, 3.05) is 6.61 Å². The minimum atomic E-state index is -0.573. The molecule has 7 nitrogen and oxygen atoms in total. The van der Waals surface area contributed by atoms with Crippen LogP contribution in [0, 0.1) is 0 Å². The van der Waals surface area contributed by atoms with E-state index in [1.807, 2.05) is 38.3 Å². The van der Waals surface area contributed by atoms with Gasteiger partial charge in [-0.05, 0) is 49.9 Å². The lowest BCUT2D eigenvalue weighted by molar-refractivity contribution is -0.124. The number of nitrogens with one attached hydrogen (secondary N) is 3. The molecule has 0 saturated carbocycles. The fourth-order valence-electron chi connectivity index (χ4n) is 2.36. The van der Waals surface area contributed by atoms with Crippen LogP contribution in [0.1, 0.15) is 47.6 Å². The number of amides is 3. The Bertz CT molecular complexity index is 788. The molecule has 1 heterocycles. The van der Waals surface area contributed by atoms with E-state index in [1.54, 1.807) is 35.6 Å². The lowest BCUT2D eigenvalue weighted by Crippen LogP contribution is -2.39. The van der Waals surface area contributed by atoms with Crippen LogP contribution < -0.4 is 16.0 Å². The van der Waals surface area contributed by atoms with Crippen molar-refractivity contribution >= 4 is 29.2 Å². The van der Waals surface area contributed by atoms with Crippen LogP contribution in [0.2, 0.25) is 0 Å². The molecule has 0 bridgehead atoms. The van der Waals surface area contributed by atoms with Gasteiger partial charge >= 0.3 is 12.0 Å². The van der Waals surface area contributed by atoms with Crippen LogP contribution in [0.5, 0.6) is 0 Å². The second-order valence-corrected chi connectivity index (χ2v) is 7.54. The largest absolute Gasteiger partial charge is 0.452 e. The van der Waals surface area contributed by atoms with Crippen molar-refractivity contribution in [3.8, 4) is 0 Å². The first-order valence-electron chi connectivity index (χ1n) is 8.98. The summed E-state index contributed by atoms with van der Waals surface area (Å²) in [5.74, 6) is -0.928. The van der Waals surface area contributed by atoms with Crippen LogP contribution in [-0.2, 0) is 16.1 Å². The minimum absolute atomic E-state index is 0.0580. The summed E-state index contributed by atoms with van der Waals surface area (Å²) in [6, 6.07) is 10.2. The number of ether oxygens (including phenoxy) is 1. The van der Waals surface area contributed by atoms with Crippen molar-refractivity contribution in [3.05, 3.63) is 57.8 Å². The highest BCUT2D eigenvalue weighted by molar-refractivity contribution is 7.10. The molecule has 1 atom stereocenters. The molecule has 150 valence electrons. The van der Waals surface area contributed by atoms with Gasteiger partial charge in [0.2, 0.25) is 0 Å². The third kappa shape index (κ3) is 7.03. The quantitative estimate of drug-likeness (QED) is 0.591.